The van der Waals surface area contributed by atoms with E-state index in [0.29, 0.717) is 6.61 Å². The summed E-state index contributed by atoms with van der Waals surface area (Å²) >= 11 is 0. The van der Waals surface area contributed by atoms with Crippen LogP contribution in [-0.4, -0.2) is 45.9 Å². The minimum absolute atomic E-state index is 0.345. The highest BCUT2D eigenvalue weighted by Crippen LogP contribution is 2.24. The van der Waals surface area contributed by atoms with E-state index in [-0.39, 0.29) is 5.54 Å². The number of allylic oxidation sites excluding steroid dienone is 1. The number of aliphatic imine (C=N–C) groups is 1. The molecule has 1 aromatic rings. The van der Waals surface area contributed by atoms with Crippen LogP contribution in [-0.2, 0) is 10.4 Å². The lowest BCUT2D eigenvalue weighted by atomic mass is 9.90. The van der Waals surface area contributed by atoms with Crippen LogP contribution in [0.4, 0.5) is 0 Å². The number of likely N-dealkylation sites (N-methyl/N-ethyl adjacent to an activating group) is 1. The third-order valence-electron chi connectivity index (χ3n) is 3.50. The molecule has 0 aromatic heterocycles. The van der Waals surface area contributed by atoms with E-state index in [1.807, 2.05) is 40.0 Å². The van der Waals surface area contributed by atoms with Crippen LogP contribution in [0.15, 0.2) is 35.5 Å². The first-order chi connectivity index (χ1) is 11.9. The number of rotatable bonds is 7. The quantitative estimate of drug-likeness (QED) is 0.401. The molecule has 0 radical (unpaired) electrons. The van der Waals surface area contributed by atoms with E-state index in [1.165, 1.54) is 5.06 Å². The fourth-order valence-corrected chi connectivity index (χ4v) is 1.77. The van der Waals surface area contributed by atoms with E-state index in [9.17, 15) is 0 Å². The number of nitrogens with one attached hydrogen (secondary N) is 2. The second-order valence-electron chi connectivity index (χ2n) is 5.28. The molecule has 0 spiro atoms. The fraction of sp³-hybridized carbons (Fsp3) is 0.474. The summed E-state index contributed by atoms with van der Waals surface area (Å²) in [4.78, 5) is 8.77. The summed E-state index contributed by atoms with van der Waals surface area (Å²) in [6.45, 7) is 11.6. The highest BCUT2D eigenvalue weighted by atomic mass is 16.7. The molecular formula is C19H35N5O. The summed E-state index contributed by atoms with van der Waals surface area (Å²) in [6.07, 6.45) is 2.74. The van der Waals surface area contributed by atoms with Crippen molar-refractivity contribution in [3.8, 4) is 0 Å². The lowest BCUT2D eigenvalue weighted by molar-refractivity contribution is -0.0992. The van der Waals surface area contributed by atoms with E-state index in [1.54, 1.807) is 20.3 Å². The van der Waals surface area contributed by atoms with Crippen LogP contribution in [0.5, 0.6) is 0 Å². The Balaban J connectivity index is 0. The molecule has 0 amide bonds. The third-order valence-corrected chi connectivity index (χ3v) is 3.50. The number of nitrogens with two attached hydrogens (primary N) is 1. The SMILES string of the molecule is C=NC.CC.CNC(C)(CON(C)C=N)c1cccc(/C(C)=C/N)c1. The fourth-order valence-electron chi connectivity index (χ4n) is 1.77. The van der Waals surface area contributed by atoms with Crippen molar-refractivity contribution in [2.45, 2.75) is 33.2 Å². The molecule has 142 valence electrons. The van der Waals surface area contributed by atoms with Crippen molar-refractivity contribution in [1.29, 1.82) is 5.41 Å². The molecule has 6 nitrogen and oxygen atoms in total. The van der Waals surface area contributed by atoms with Crippen LogP contribution >= 0.6 is 0 Å². The highest BCUT2D eigenvalue weighted by molar-refractivity contribution is 5.64. The van der Waals surface area contributed by atoms with Gasteiger partial charge in [-0.25, -0.2) is 5.06 Å². The Morgan fingerprint density at radius 2 is 2.04 bits per heavy atom. The van der Waals surface area contributed by atoms with Gasteiger partial charge in [-0.15, -0.1) is 0 Å². The Kier molecular flexibility index (Phi) is 14.2. The minimum atomic E-state index is -0.345. The Morgan fingerprint density at radius 3 is 2.48 bits per heavy atom. The van der Waals surface area contributed by atoms with E-state index in [4.69, 9.17) is 16.0 Å². The van der Waals surface area contributed by atoms with Gasteiger partial charge in [0.15, 0.2) is 0 Å². The zero-order valence-corrected chi connectivity index (χ0v) is 16.8. The van der Waals surface area contributed by atoms with Crippen molar-refractivity contribution in [2.24, 2.45) is 10.7 Å². The Bertz CT molecular complexity index is 530. The van der Waals surface area contributed by atoms with E-state index in [2.05, 4.69) is 36.1 Å². The Hall–Kier alpha value is -2.18. The van der Waals surface area contributed by atoms with Gasteiger partial charge in [0, 0.05) is 14.1 Å². The molecule has 4 N–H and O–H groups in total. The smallest absolute Gasteiger partial charge is 0.107 e. The van der Waals surface area contributed by atoms with Crippen molar-refractivity contribution in [3.05, 3.63) is 41.6 Å². The summed E-state index contributed by atoms with van der Waals surface area (Å²) in [7, 11) is 5.23. The first-order valence-electron chi connectivity index (χ1n) is 8.28. The largest absolute Gasteiger partial charge is 0.404 e. The predicted octanol–water partition coefficient (Wildman–Crippen LogP) is 3.25. The van der Waals surface area contributed by atoms with E-state index >= 15 is 0 Å². The average molecular weight is 350 g/mol. The number of nitrogens with zero attached hydrogens (tertiary/aromatic N) is 2. The second kappa shape index (κ2) is 14.2. The lowest BCUT2D eigenvalue weighted by Gasteiger charge is -2.31. The van der Waals surface area contributed by atoms with E-state index < -0.39 is 0 Å². The average Bonchev–Trinajstić information content (AvgIpc) is 2.67. The molecule has 1 atom stereocenters. The Morgan fingerprint density at radius 1 is 1.48 bits per heavy atom. The summed E-state index contributed by atoms with van der Waals surface area (Å²) in [6, 6.07) is 8.19. The molecular weight excluding hydrogens is 314 g/mol. The first kappa shape index (κ1) is 25.1. The van der Waals surface area contributed by atoms with Gasteiger partial charge in [-0.1, -0.05) is 32.0 Å². The third kappa shape index (κ3) is 9.02. The number of hydroxylamine groups is 2. The molecule has 1 rings (SSSR count). The number of benzene rings is 1. The molecule has 25 heavy (non-hydrogen) atoms. The first-order valence-corrected chi connectivity index (χ1v) is 8.28. The molecule has 0 saturated carbocycles. The van der Waals surface area contributed by atoms with Crippen LogP contribution in [0.1, 0.15) is 38.8 Å². The minimum Gasteiger partial charge on any atom is -0.404 e. The number of hydrogen-bond acceptors (Lipinski definition) is 5. The summed E-state index contributed by atoms with van der Waals surface area (Å²) in [5, 5.41) is 11.8. The van der Waals surface area contributed by atoms with Gasteiger partial charge in [-0.2, -0.15) is 0 Å². The van der Waals surface area contributed by atoms with Gasteiger partial charge in [0.1, 0.15) is 6.34 Å². The number of hydrogen-bond donors (Lipinski definition) is 3. The molecule has 1 aromatic carbocycles. The van der Waals surface area contributed by atoms with Crippen LogP contribution in [0.25, 0.3) is 5.57 Å². The molecule has 0 bridgehead atoms. The van der Waals surface area contributed by atoms with Crippen LogP contribution in [0, 0.1) is 5.41 Å². The normalized spacial score (nSPS) is 12.5. The maximum Gasteiger partial charge on any atom is 0.107 e. The van der Waals surface area contributed by atoms with Crippen molar-refractivity contribution in [3.63, 3.8) is 0 Å². The van der Waals surface area contributed by atoms with Crippen LogP contribution < -0.4 is 11.1 Å². The Labute approximate surface area is 153 Å². The molecule has 1 unspecified atom stereocenters. The zero-order valence-electron chi connectivity index (χ0n) is 16.8. The summed E-state index contributed by atoms with van der Waals surface area (Å²) in [5.41, 5.74) is 8.46. The van der Waals surface area contributed by atoms with Crippen LogP contribution in [0.2, 0.25) is 0 Å². The van der Waals surface area contributed by atoms with Crippen LogP contribution in [0.3, 0.4) is 0 Å². The van der Waals surface area contributed by atoms with Crippen molar-refractivity contribution < 1.29 is 4.84 Å². The second-order valence-corrected chi connectivity index (χ2v) is 5.28. The topological polar surface area (TPSA) is 86.7 Å². The van der Waals surface area contributed by atoms with Crippen molar-refractivity contribution in [1.82, 2.24) is 10.4 Å². The van der Waals surface area contributed by atoms with Gasteiger partial charge < -0.3 is 16.0 Å². The van der Waals surface area contributed by atoms with Crippen molar-refractivity contribution in [2.75, 3.05) is 27.7 Å². The summed E-state index contributed by atoms with van der Waals surface area (Å²) in [5.74, 6) is 0. The van der Waals surface area contributed by atoms with Crippen molar-refractivity contribution >= 4 is 18.6 Å². The molecule has 0 aliphatic heterocycles. The standard InChI is InChI=1S/C15H24N4O.C2H5N.C2H6/c1-12(9-16)13-6-5-7-14(8-13)15(2,18-3)10-20-19(4)11-17;1-3-2;1-2/h5-9,11,17-18H,10,16H2,1-4H3;1H2,2H3;1-2H3/b12-9+,17-11?;;. The molecule has 0 saturated heterocycles. The van der Waals surface area contributed by atoms with Gasteiger partial charge in [-0.3, -0.25) is 10.2 Å². The lowest BCUT2D eigenvalue weighted by Crippen LogP contribution is -2.43. The maximum atomic E-state index is 7.13. The molecule has 0 aliphatic carbocycles. The van der Waals surface area contributed by atoms with Gasteiger partial charge in [0.05, 0.1) is 12.1 Å². The highest BCUT2D eigenvalue weighted by Gasteiger charge is 2.26. The molecule has 0 aliphatic rings. The van der Waals surface area contributed by atoms with Gasteiger partial charge >= 0.3 is 0 Å². The maximum absolute atomic E-state index is 7.13. The monoisotopic (exact) mass is 349 g/mol. The predicted molar refractivity (Wildman–Crippen MR) is 110 cm³/mol. The molecule has 6 heteroatoms. The van der Waals surface area contributed by atoms with Gasteiger partial charge in [0.2, 0.25) is 0 Å². The van der Waals surface area contributed by atoms with Gasteiger partial charge in [0.25, 0.3) is 0 Å². The van der Waals surface area contributed by atoms with Gasteiger partial charge in [-0.05, 0) is 56.6 Å². The zero-order chi connectivity index (χ0) is 19.9. The molecule has 0 heterocycles. The summed E-state index contributed by atoms with van der Waals surface area (Å²) < 4.78 is 0. The molecule has 0 fully saturated rings. The van der Waals surface area contributed by atoms with E-state index in [0.717, 1.165) is 23.0 Å².